The fourth-order valence-electron chi connectivity index (χ4n) is 1.69. The molecule has 0 saturated carbocycles. The molecule has 0 spiro atoms. The summed E-state index contributed by atoms with van der Waals surface area (Å²) in [5, 5.41) is 9.87. The fourth-order valence-corrected chi connectivity index (χ4v) is 1.95. The van der Waals surface area contributed by atoms with Gasteiger partial charge in [0.15, 0.2) is 0 Å². The maximum Gasteiger partial charge on any atom is 0.119 e. The number of aromatic nitrogens is 1. The maximum absolute atomic E-state index is 9.87. The molecule has 0 aliphatic heterocycles. The maximum atomic E-state index is 9.87. The van der Waals surface area contributed by atoms with Gasteiger partial charge in [0.1, 0.15) is 12.4 Å². The Labute approximate surface area is 121 Å². The monoisotopic (exact) mass is 321 g/mol. The van der Waals surface area contributed by atoms with Crippen molar-refractivity contribution >= 4 is 15.9 Å². The topological polar surface area (TPSA) is 42.4 Å². The van der Waals surface area contributed by atoms with Crippen LogP contribution in [0.1, 0.15) is 12.0 Å². The van der Waals surface area contributed by atoms with Gasteiger partial charge in [0.2, 0.25) is 0 Å². The van der Waals surface area contributed by atoms with E-state index in [0.29, 0.717) is 13.0 Å². The van der Waals surface area contributed by atoms with Gasteiger partial charge in [0.05, 0.1) is 6.10 Å². The number of rotatable bonds is 6. The lowest BCUT2D eigenvalue weighted by Crippen LogP contribution is -2.18. The number of nitrogens with zero attached hydrogens (tertiary/aromatic N) is 1. The molecule has 1 atom stereocenters. The first-order valence-electron chi connectivity index (χ1n) is 6.19. The quantitative estimate of drug-likeness (QED) is 0.888. The molecule has 4 heteroatoms. The number of ether oxygens (including phenoxy) is 1. The number of hydrogen-bond acceptors (Lipinski definition) is 3. The van der Waals surface area contributed by atoms with Crippen LogP contribution in [0.15, 0.2) is 53.3 Å². The number of aliphatic hydroxyl groups excluding tert-OH is 1. The van der Waals surface area contributed by atoms with Crippen LogP contribution in [0.2, 0.25) is 0 Å². The summed E-state index contributed by atoms with van der Waals surface area (Å²) in [6.45, 7) is 0.307. The third-order valence-electron chi connectivity index (χ3n) is 2.75. The van der Waals surface area contributed by atoms with Crippen LogP contribution in [-0.2, 0) is 6.42 Å². The summed E-state index contributed by atoms with van der Waals surface area (Å²) in [6.07, 6.45) is 4.57. The summed E-state index contributed by atoms with van der Waals surface area (Å²) in [5.74, 6) is 0.767. The van der Waals surface area contributed by atoms with Gasteiger partial charge in [-0.25, -0.2) is 0 Å². The highest BCUT2D eigenvalue weighted by Gasteiger charge is 2.06. The van der Waals surface area contributed by atoms with Crippen molar-refractivity contribution in [3.05, 3.63) is 58.8 Å². The Morgan fingerprint density at radius 1 is 1.21 bits per heavy atom. The van der Waals surface area contributed by atoms with Crippen LogP contribution in [0.25, 0.3) is 0 Å². The van der Waals surface area contributed by atoms with E-state index in [0.717, 1.165) is 22.2 Å². The lowest BCUT2D eigenvalue weighted by atomic mass is 10.1. The highest BCUT2D eigenvalue weighted by Crippen LogP contribution is 2.16. The van der Waals surface area contributed by atoms with Crippen molar-refractivity contribution in [1.29, 1.82) is 0 Å². The summed E-state index contributed by atoms with van der Waals surface area (Å²) in [5.41, 5.74) is 1.13. The molecule has 0 fully saturated rings. The molecule has 0 radical (unpaired) electrons. The van der Waals surface area contributed by atoms with Gasteiger partial charge in [-0.05, 0) is 48.7 Å². The molecule has 0 saturated heterocycles. The van der Waals surface area contributed by atoms with Gasteiger partial charge >= 0.3 is 0 Å². The molecule has 1 heterocycles. The second-order valence-corrected chi connectivity index (χ2v) is 5.23. The summed E-state index contributed by atoms with van der Waals surface area (Å²) >= 11 is 3.37. The van der Waals surface area contributed by atoms with Gasteiger partial charge < -0.3 is 9.84 Å². The lowest BCUT2D eigenvalue weighted by molar-refractivity contribution is 0.100. The molecule has 100 valence electrons. The molecule has 0 aliphatic carbocycles. The van der Waals surface area contributed by atoms with Crippen molar-refractivity contribution in [2.45, 2.75) is 18.9 Å². The first-order chi connectivity index (χ1) is 9.24. The van der Waals surface area contributed by atoms with Gasteiger partial charge in [-0.15, -0.1) is 0 Å². The molecule has 0 amide bonds. The van der Waals surface area contributed by atoms with Crippen LogP contribution in [0.5, 0.6) is 5.75 Å². The molecule has 3 nitrogen and oxygen atoms in total. The van der Waals surface area contributed by atoms with E-state index in [1.807, 2.05) is 42.6 Å². The normalized spacial score (nSPS) is 12.1. The Bertz CT molecular complexity index is 487. The third-order valence-corrected chi connectivity index (χ3v) is 3.27. The van der Waals surface area contributed by atoms with Crippen molar-refractivity contribution in [1.82, 2.24) is 4.98 Å². The summed E-state index contributed by atoms with van der Waals surface area (Å²) in [4.78, 5) is 4.05. The Balaban J connectivity index is 1.72. The molecule has 2 aromatic rings. The molecule has 1 unspecified atom stereocenters. The molecular weight excluding hydrogens is 306 g/mol. The van der Waals surface area contributed by atoms with Crippen LogP contribution in [0.3, 0.4) is 0 Å². The van der Waals surface area contributed by atoms with E-state index in [2.05, 4.69) is 20.9 Å². The molecule has 19 heavy (non-hydrogen) atoms. The first-order valence-corrected chi connectivity index (χ1v) is 6.98. The lowest BCUT2D eigenvalue weighted by Gasteiger charge is -2.12. The highest BCUT2D eigenvalue weighted by atomic mass is 79.9. The first kappa shape index (κ1) is 14.0. The van der Waals surface area contributed by atoms with Gasteiger partial charge in [-0.2, -0.15) is 0 Å². The smallest absolute Gasteiger partial charge is 0.119 e. The van der Waals surface area contributed by atoms with Crippen molar-refractivity contribution in [2.75, 3.05) is 6.61 Å². The number of hydrogen-bond donors (Lipinski definition) is 1. The van der Waals surface area contributed by atoms with E-state index in [-0.39, 0.29) is 0 Å². The summed E-state index contributed by atoms with van der Waals surface area (Å²) < 4.78 is 6.54. The minimum atomic E-state index is -0.469. The predicted octanol–water partition coefficient (Wildman–Crippen LogP) is 3.22. The molecule has 1 aromatic carbocycles. The van der Waals surface area contributed by atoms with E-state index in [4.69, 9.17) is 4.74 Å². The second-order valence-electron chi connectivity index (χ2n) is 4.32. The predicted molar refractivity (Wildman–Crippen MR) is 78.2 cm³/mol. The van der Waals surface area contributed by atoms with Crippen molar-refractivity contribution in [2.24, 2.45) is 0 Å². The zero-order valence-electron chi connectivity index (χ0n) is 10.5. The van der Waals surface area contributed by atoms with Crippen LogP contribution in [-0.4, -0.2) is 22.8 Å². The fraction of sp³-hybridized carbons (Fsp3) is 0.267. The Hall–Kier alpha value is -1.39. The average Bonchev–Trinajstić information content (AvgIpc) is 2.45. The third kappa shape index (κ3) is 5.01. The average molecular weight is 322 g/mol. The second kappa shape index (κ2) is 7.26. The number of aryl methyl sites for hydroxylation is 1. The van der Waals surface area contributed by atoms with E-state index in [9.17, 15) is 5.11 Å². The molecular formula is C15H16BrNO2. The van der Waals surface area contributed by atoms with Gasteiger partial charge in [0, 0.05) is 16.9 Å². The largest absolute Gasteiger partial charge is 0.491 e. The molecule has 1 aromatic heterocycles. The van der Waals surface area contributed by atoms with Crippen LogP contribution in [0, 0.1) is 0 Å². The van der Waals surface area contributed by atoms with E-state index in [1.54, 1.807) is 6.20 Å². The number of pyridine rings is 1. The van der Waals surface area contributed by atoms with E-state index >= 15 is 0 Å². The number of halogens is 1. The van der Waals surface area contributed by atoms with Gasteiger partial charge in [0.25, 0.3) is 0 Å². The summed E-state index contributed by atoms with van der Waals surface area (Å²) in [7, 11) is 0. The Kier molecular flexibility index (Phi) is 5.36. The van der Waals surface area contributed by atoms with Crippen LogP contribution < -0.4 is 4.74 Å². The van der Waals surface area contributed by atoms with Crippen molar-refractivity contribution in [3.63, 3.8) is 0 Å². The van der Waals surface area contributed by atoms with Gasteiger partial charge in [-0.3, -0.25) is 4.98 Å². The standard InChI is InChI=1S/C15H16BrNO2/c16-13-4-7-15(8-5-13)19-11-14(18)6-3-12-2-1-9-17-10-12/h1-2,4-5,7-10,14,18H,3,6,11H2. The van der Waals surface area contributed by atoms with Gasteiger partial charge in [-0.1, -0.05) is 22.0 Å². The van der Waals surface area contributed by atoms with Crippen LogP contribution >= 0.6 is 15.9 Å². The zero-order chi connectivity index (χ0) is 13.5. The van der Waals surface area contributed by atoms with Crippen molar-refractivity contribution in [3.8, 4) is 5.75 Å². The highest BCUT2D eigenvalue weighted by molar-refractivity contribution is 9.10. The molecule has 0 aliphatic rings. The minimum Gasteiger partial charge on any atom is -0.491 e. The summed E-state index contributed by atoms with van der Waals surface area (Å²) in [6, 6.07) is 11.5. The van der Waals surface area contributed by atoms with E-state index in [1.165, 1.54) is 0 Å². The number of benzene rings is 1. The van der Waals surface area contributed by atoms with E-state index < -0.39 is 6.10 Å². The number of aliphatic hydroxyl groups is 1. The van der Waals surface area contributed by atoms with Crippen molar-refractivity contribution < 1.29 is 9.84 Å². The Morgan fingerprint density at radius 2 is 2.00 bits per heavy atom. The minimum absolute atomic E-state index is 0.307. The SMILES string of the molecule is OC(CCc1cccnc1)COc1ccc(Br)cc1. The molecule has 2 rings (SSSR count). The van der Waals surface area contributed by atoms with Crippen LogP contribution in [0.4, 0.5) is 0 Å². The zero-order valence-corrected chi connectivity index (χ0v) is 12.1. The molecule has 0 bridgehead atoms. The molecule has 1 N–H and O–H groups in total. The Morgan fingerprint density at radius 3 is 2.68 bits per heavy atom.